The van der Waals surface area contributed by atoms with Crippen LogP contribution in [0.15, 0.2) is 36.4 Å². The van der Waals surface area contributed by atoms with Crippen molar-refractivity contribution in [2.45, 2.75) is 6.92 Å². The second kappa shape index (κ2) is 8.47. The number of anilines is 1. The highest BCUT2D eigenvalue weighted by atomic mass is 16.6. The van der Waals surface area contributed by atoms with Crippen LogP contribution in [0, 0.1) is 6.92 Å². The van der Waals surface area contributed by atoms with E-state index in [1.54, 1.807) is 43.5 Å². The van der Waals surface area contributed by atoms with Gasteiger partial charge in [-0.2, -0.15) is 0 Å². The van der Waals surface area contributed by atoms with E-state index in [-0.39, 0.29) is 5.91 Å². The molecule has 1 aliphatic heterocycles. The number of benzene rings is 2. The number of amides is 1. The number of carbonyl (C=O) groups excluding carboxylic acids is 2. The molecule has 0 aliphatic carbocycles. The van der Waals surface area contributed by atoms with Crippen molar-refractivity contribution in [1.82, 2.24) is 0 Å². The van der Waals surface area contributed by atoms with E-state index in [4.69, 9.17) is 18.9 Å². The first-order valence-electron chi connectivity index (χ1n) is 8.67. The third-order valence-corrected chi connectivity index (χ3v) is 4.19. The summed E-state index contributed by atoms with van der Waals surface area (Å²) in [4.78, 5) is 24.0. The molecular weight excluding hydrogens is 362 g/mol. The highest BCUT2D eigenvalue weighted by molar-refractivity contribution is 6.03. The van der Waals surface area contributed by atoms with E-state index >= 15 is 0 Å². The average Bonchev–Trinajstić information content (AvgIpc) is 2.72. The van der Waals surface area contributed by atoms with Gasteiger partial charge in [0.2, 0.25) is 11.7 Å². The third kappa shape index (κ3) is 4.25. The lowest BCUT2D eigenvalue weighted by atomic mass is 10.1. The molecule has 0 bridgehead atoms. The molecule has 1 heterocycles. The molecule has 0 saturated heterocycles. The van der Waals surface area contributed by atoms with E-state index in [0.29, 0.717) is 41.7 Å². The highest BCUT2D eigenvalue weighted by Gasteiger charge is 2.18. The molecule has 2 aromatic carbocycles. The Balaban J connectivity index is 1.77. The summed E-state index contributed by atoms with van der Waals surface area (Å²) in [6, 6.07) is 8.52. The van der Waals surface area contributed by atoms with Crippen molar-refractivity contribution in [3.8, 4) is 17.2 Å². The first-order valence-corrected chi connectivity index (χ1v) is 8.67. The monoisotopic (exact) mass is 383 g/mol. The van der Waals surface area contributed by atoms with Crippen LogP contribution >= 0.6 is 0 Å². The van der Waals surface area contributed by atoms with E-state index < -0.39 is 5.97 Å². The zero-order valence-electron chi connectivity index (χ0n) is 15.9. The minimum atomic E-state index is -0.464. The molecule has 28 heavy (non-hydrogen) atoms. The first-order chi connectivity index (χ1) is 13.5. The van der Waals surface area contributed by atoms with Gasteiger partial charge in [0.05, 0.1) is 19.8 Å². The third-order valence-electron chi connectivity index (χ3n) is 4.19. The largest absolute Gasteiger partial charge is 0.493 e. The average molecular weight is 383 g/mol. The molecule has 1 N–H and O–H groups in total. The highest BCUT2D eigenvalue weighted by Crippen LogP contribution is 2.40. The van der Waals surface area contributed by atoms with Crippen molar-refractivity contribution >= 4 is 23.6 Å². The lowest BCUT2D eigenvalue weighted by Crippen LogP contribution is -2.16. The van der Waals surface area contributed by atoms with Gasteiger partial charge in [0.15, 0.2) is 11.5 Å². The maximum atomic E-state index is 12.3. The number of esters is 1. The van der Waals surface area contributed by atoms with Crippen LogP contribution < -0.4 is 19.5 Å². The molecule has 0 radical (unpaired) electrons. The quantitative estimate of drug-likeness (QED) is 0.631. The van der Waals surface area contributed by atoms with E-state index in [0.717, 1.165) is 11.1 Å². The van der Waals surface area contributed by atoms with E-state index in [2.05, 4.69) is 5.32 Å². The van der Waals surface area contributed by atoms with Gasteiger partial charge in [-0.05, 0) is 48.4 Å². The molecule has 0 fully saturated rings. The maximum absolute atomic E-state index is 12.3. The first kappa shape index (κ1) is 19.3. The van der Waals surface area contributed by atoms with Gasteiger partial charge in [0, 0.05) is 11.8 Å². The summed E-state index contributed by atoms with van der Waals surface area (Å²) in [5.74, 6) is 0.880. The van der Waals surface area contributed by atoms with Crippen molar-refractivity contribution in [2.75, 3.05) is 32.8 Å². The topological polar surface area (TPSA) is 83.1 Å². The molecule has 0 atom stereocenters. The molecule has 0 spiro atoms. The number of hydrogen-bond acceptors (Lipinski definition) is 6. The summed E-state index contributed by atoms with van der Waals surface area (Å²) < 4.78 is 21.2. The van der Waals surface area contributed by atoms with Crippen molar-refractivity contribution < 1.29 is 28.5 Å². The van der Waals surface area contributed by atoms with Crippen LogP contribution in [0.25, 0.3) is 6.08 Å². The summed E-state index contributed by atoms with van der Waals surface area (Å²) in [6.07, 6.45) is 3.05. The summed E-state index contributed by atoms with van der Waals surface area (Å²) in [5, 5.41) is 2.77. The predicted molar refractivity (Wildman–Crippen MR) is 104 cm³/mol. The number of rotatable bonds is 5. The maximum Gasteiger partial charge on any atom is 0.337 e. The molecule has 7 heteroatoms. The predicted octanol–water partition coefficient (Wildman–Crippen LogP) is 3.21. The van der Waals surface area contributed by atoms with E-state index in [1.165, 1.54) is 13.2 Å². The second-order valence-corrected chi connectivity index (χ2v) is 6.09. The van der Waals surface area contributed by atoms with Crippen LogP contribution in [-0.2, 0) is 9.53 Å². The summed E-state index contributed by atoms with van der Waals surface area (Å²) >= 11 is 0. The lowest BCUT2D eigenvalue weighted by molar-refractivity contribution is -0.111. The molecule has 1 aliphatic rings. The number of carbonyl (C=O) groups is 2. The molecule has 2 aromatic rings. The van der Waals surface area contributed by atoms with Gasteiger partial charge in [-0.15, -0.1) is 0 Å². The normalized spacial score (nSPS) is 12.5. The summed E-state index contributed by atoms with van der Waals surface area (Å²) in [6.45, 7) is 2.76. The fourth-order valence-electron chi connectivity index (χ4n) is 2.74. The molecule has 1 amide bonds. The van der Waals surface area contributed by atoms with Crippen LogP contribution in [0.4, 0.5) is 5.69 Å². The van der Waals surface area contributed by atoms with Gasteiger partial charge in [-0.1, -0.05) is 6.07 Å². The zero-order valence-corrected chi connectivity index (χ0v) is 15.9. The number of fused-ring (bicyclic) bond motifs is 1. The van der Waals surface area contributed by atoms with Gasteiger partial charge in [0.1, 0.15) is 13.2 Å². The van der Waals surface area contributed by atoms with Crippen LogP contribution in [0.1, 0.15) is 21.5 Å². The molecular formula is C21H21NO6. The second-order valence-electron chi connectivity index (χ2n) is 6.09. The summed E-state index contributed by atoms with van der Waals surface area (Å²) in [5.41, 5.74) is 2.47. The number of methoxy groups -OCH3 is 2. The molecule has 0 aromatic heterocycles. The molecule has 7 nitrogen and oxygen atoms in total. The Kier molecular flexibility index (Phi) is 5.84. The Morgan fingerprint density at radius 2 is 1.89 bits per heavy atom. The van der Waals surface area contributed by atoms with Crippen molar-refractivity contribution in [3.63, 3.8) is 0 Å². The van der Waals surface area contributed by atoms with Gasteiger partial charge in [0.25, 0.3) is 0 Å². The van der Waals surface area contributed by atoms with E-state index in [9.17, 15) is 9.59 Å². The molecule has 0 unspecified atom stereocenters. The fourth-order valence-corrected chi connectivity index (χ4v) is 2.74. The van der Waals surface area contributed by atoms with Gasteiger partial charge in [-0.3, -0.25) is 4.79 Å². The Bertz CT molecular complexity index is 917. The number of aryl methyl sites for hydroxylation is 1. The molecule has 3 rings (SSSR count). The Morgan fingerprint density at radius 3 is 2.64 bits per heavy atom. The zero-order chi connectivity index (χ0) is 20.1. The molecule has 146 valence electrons. The summed E-state index contributed by atoms with van der Waals surface area (Å²) in [7, 11) is 2.86. The smallest absolute Gasteiger partial charge is 0.337 e. The lowest BCUT2D eigenvalue weighted by Gasteiger charge is -2.20. The standard InChI is InChI=1S/C21H21NO6/c1-13-4-6-15(21(24)26-3)12-16(13)22-19(23)7-5-14-10-17(25-2)20-18(11-14)27-8-9-28-20/h4-7,10-12H,8-9H2,1-3H3,(H,22,23). The number of hydrogen-bond donors (Lipinski definition) is 1. The Hall–Kier alpha value is -3.48. The van der Waals surface area contributed by atoms with E-state index in [1.807, 2.05) is 6.92 Å². The van der Waals surface area contributed by atoms with Crippen LogP contribution in [0.3, 0.4) is 0 Å². The fraction of sp³-hybridized carbons (Fsp3) is 0.238. The Labute approximate surface area is 162 Å². The van der Waals surface area contributed by atoms with Crippen LogP contribution in [0.2, 0.25) is 0 Å². The minimum absolute atomic E-state index is 0.334. The number of ether oxygens (including phenoxy) is 4. The van der Waals surface area contributed by atoms with Crippen molar-refractivity contribution in [1.29, 1.82) is 0 Å². The van der Waals surface area contributed by atoms with Gasteiger partial charge < -0.3 is 24.3 Å². The van der Waals surface area contributed by atoms with Crippen LogP contribution in [-0.4, -0.2) is 39.3 Å². The molecule has 0 saturated carbocycles. The van der Waals surface area contributed by atoms with Crippen molar-refractivity contribution in [2.24, 2.45) is 0 Å². The van der Waals surface area contributed by atoms with Crippen molar-refractivity contribution in [3.05, 3.63) is 53.1 Å². The minimum Gasteiger partial charge on any atom is -0.493 e. The Morgan fingerprint density at radius 1 is 1.11 bits per heavy atom. The SMILES string of the molecule is COC(=O)c1ccc(C)c(NC(=O)C=Cc2cc(OC)c3c(c2)OCCO3)c1. The van der Waals surface area contributed by atoms with Gasteiger partial charge in [-0.25, -0.2) is 4.79 Å². The number of nitrogens with one attached hydrogen (secondary N) is 1. The van der Waals surface area contributed by atoms with Crippen LogP contribution in [0.5, 0.6) is 17.2 Å². The van der Waals surface area contributed by atoms with Gasteiger partial charge >= 0.3 is 5.97 Å².